The molecule has 0 amide bonds. The predicted octanol–water partition coefficient (Wildman–Crippen LogP) is 2.95. The molecule has 4 rings (SSSR count). The third kappa shape index (κ3) is 3.56. The summed E-state index contributed by atoms with van der Waals surface area (Å²) in [5.41, 5.74) is 8.99. The summed E-state index contributed by atoms with van der Waals surface area (Å²) in [5, 5.41) is 10.1. The van der Waals surface area contributed by atoms with E-state index in [-0.39, 0.29) is 19.4 Å². The Morgan fingerprint density at radius 1 is 1.15 bits per heavy atom. The first-order valence-corrected chi connectivity index (χ1v) is 8.90. The van der Waals surface area contributed by atoms with E-state index in [0.29, 0.717) is 52.5 Å². The zero-order chi connectivity index (χ0) is 18.8. The van der Waals surface area contributed by atoms with E-state index in [9.17, 15) is 0 Å². The smallest absolute Gasteiger partial charge is 0.317 e. The number of nitrogens with zero attached hydrogens (tertiary/aromatic N) is 2. The molecular weight excluding hydrogens is 370 g/mol. The Bertz CT molecular complexity index is 996. The van der Waals surface area contributed by atoms with Gasteiger partial charge in [-0.05, 0) is 29.8 Å². The van der Waals surface area contributed by atoms with Gasteiger partial charge < -0.3 is 25.1 Å². The molecule has 3 aromatic rings. The molecule has 7 nitrogen and oxygen atoms in total. The van der Waals surface area contributed by atoms with Crippen LogP contribution in [0.25, 0.3) is 10.9 Å². The van der Waals surface area contributed by atoms with Crippen LogP contribution >= 0.6 is 11.6 Å². The van der Waals surface area contributed by atoms with Crippen LogP contribution in [-0.4, -0.2) is 35.1 Å². The van der Waals surface area contributed by atoms with Crippen LogP contribution in [0.5, 0.6) is 17.5 Å². The first-order valence-electron chi connectivity index (χ1n) is 8.52. The van der Waals surface area contributed by atoms with Crippen LogP contribution in [0.3, 0.4) is 0 Å². The lowest BCUT2D eigenvalue weighted by Crippen LogP contribution is -2.07. The Labute approximate surface area is 160 Å². The summed E-state index contributed by atoms with van der Waals surface area (Å²) >= 11 is 6.21. The lowest BCUT2D eigenvalue weighted by Gasteiger charge is -2.12. The molecule has 0 unspecified atom stereocenters. The Balaban J connectivity index is 1.75. The second-order valence-corrected chi connectivity index (χ2v) is 6.51. The van der Waals surface area contributed by atoms with Crippen molar-refractivity contribution in [2.75, 3.05) is 25.7 Å². The molecular formula is C19H18ClN3O4. The van der Waals surface area contributed by atoms with Crippen LogP contribution in [-0.2, 0) is 6.42 Å². The second kappa shape index (κ2) is 7.46. The van der Waals surface area contributed by atoms with Crippen LogP contribution in [0.4, 0.5) is 5.69 Å². The summed E-state index contributed by atoms with van der Waals surface area (Å²) in [6.07, 6.45) is 0.998. The van der Waals surface area contributed by atoms with Gasteiger partial charge >= 0.3 is 6.01 Å². The standard InChI is InChI=1S/C19H18ClN3O4/c20-12-3-4-13-17(18(12)21)14(23-19(22-13)25-7-1-6-24)8-11-2-5-15-16(9-11)27-10-26-15/h2-5,9,24H,1,6-8,10,21H2. The van der Waals surface area contributed by atoms with Crippen LogP contribution in [0.1, 0.15) is 17.7 Å². The minimum atomic E-state index is 0.0419. The van der Waals surface area contributed by atoms with Gasteiger partial charge in [0.1, 0.15) is 0 Å². The molecule has 8 heteroatoms. The molecule has 3 N–H and O–H groups in total. The van der Waals surface area contributed by atoms with Crippen molar-refractivity contribution >= 4 is 28.2 Å². The van der Waals surface area contributed by atoms with Crippen LogP contribution < -0.4 is 19.9 Å². The number of nitrogens with two attached hydrogens (primary N) is 1. The molecule has 0 radical (unpaired) electrons. The van der Waals surface area contributed by atoms with E-state index >= 15 is 0 Å². The molecule has 2 heterocycles. The Morgan fingerprint density at radius 2 is 2.00 bits per heavy atom. The minimum Gasteiger partial charge on any atom is -0.463 e. The van der Waals surface area contributed by atoms with Gasteiger partial charge in [0.2, 0.25) is 6.79 Å². The average Bonchev–Trinajstić information content (AvgIpc) is 3.13. The van der Waals surface area contributed by atoms with Crippen LogP contribution in [0, 0.1) is 0 Å². The number of halogens is 1. The molecule has 140 valence electrons. The summed E-state index contributed by atoms with van der Waals surface area (Å²) in [7, 11) is 0. The molecule has 0 fully saturated rings. The van der Waals surface area contributed by atoms with Crippen LogP contribution in [0.2, 0.25) is 5.02 Å². The number of nitrogen functional groups attached to an aromatic ring is 1. The van der Waals surface area contributed by atoms with Gasteiger partial charge in [-0.1, -0.05) is 17.7 Å². The number of hydrogen-bond donors (Lipinski definition) is 2. The number of anilines is 1. The largest absolute Gasteiger partial charge is 0.463 e. The molecule has 1 aliphatic heterocycles. The summed E-state index contributed by atoms with van der Waals surface area (Å²) in [5.74, 6) is 1.43. The minimum absolute atomic E-state index is 0.0419. The van der Waals surface area contributed by atoms with Gasteiger partial charge in [0.05, 0.1) is 28.5 Å². The maximum atomic E-state index is 8.94. The van der Waals surface area contributed by atoms with E-state index in [1.54, 1.807) is 12.1 Å². The fourth-order valence-electron chi connectivity index (χ4n) is 2.94. The van der Waals surface area contributed by atoms with Crippen molar-refractivity contribution in [3.63, 3.8) is 0 Å². The highest BCUT2D eigenvalue weighted by Gasteiger charge is 2.17. The predicted molar refractivity (Wildman–Crippen MR) is 102 cm³/mol. The van der Waals surface area contributed by atoms with Crippen molar-refractivity contribution in [1.29, 1.82) is 0 Å². The highest BCUT2D eigenvalue weighted by atomic mass is 35.5. The zero-order valence-electron chi connectivity index (χ0n) is 14.4. The summed E-state index contributed by atoms with van der Waals surface area (Å²) in [4.78, 5) is 8.95. The highest BCUT2D eigenvalue weighted by molar-refractivity contribution is 6.34. The van der Waals surface area contributed by atoms with E-state index < -0.39 is 0 Å². The molecule has 27 heavy (non-hydrogen) atoms. The van der Waals surface area contributed by atoms with E-state index in [4.69, 9.17) is 36.7 Å². The Hall–Kier alpha value is -2.77. The van der Waals surface area contributed by atoms with E-state index in [0.717, 1.165) is 11.3 Å². The number of aliphatic hydroxyl groups is 1. The lowest BCUT2D eigenvalue weighted by atomic mass is 10.0. The first kappa shape index (κ1) is 17.6. The Morgan fingerprint density at radius 3 is 2.85 bits per heavy atom. The third-order valence-corrected chi connectivity index (χ3v) is 4.58. The van der Waals surface area contributed by atoms with Crippen LogP contribution in [0.15, 0.2) is 30.3 Å². The molecule has 0 atom stereocenters. The fourth-order valence-corrected chi connectivity index (χ4v) is 3.10. The molecule has 1 aliphatic rings. The number of ether oxygens (including phenoxy) is 3. The van der Waals surface area contributed by atoms with Crippen molar-refractivity contribution in [1.82, 2.24) is 9.97 Å². The topological polar surface area (TPSA) is 99.7 Å². The van der Waals surface area contributed by atoms with Crippen molar-refractivity contribution in [2.24, 2.45) is 0 Å². The lowest BCUT2D eigenvalue weighted by molar-refractivity contribution is 0.174. The quantitative estimate of drug-likeness (QED) is 0.495. The maximum Gasteiger partial charge on any atom is 0.317 e. The van der Waals surface area contributed by atoms with Gasteiger partial charge in [0.15, 0.2) is 11.5 Å². The maximum absolute atomic E-state index is 8.94. The third-order valence-electron chi connectivity index (χ3n) is 4.25. The molecule has 0 saturated heterocycles. The van der Waals surface area contributed by atoms with E-state index in [1.807, 2.05) is 18.2 Å². The molecule has 1 aromatic heterocycles. The number of hydrogen-bond acceptors (Lipinski definition) is 7. The van der Waals surface area contributed by atoms with Gasteiger partial charge in [0.25, 0.3) is 0 Å². The average molecular weight is 388 g/mol. The zero-order valence-corrected chi connectivity index (χ0v) is 15.2. The number of rotatable bonds is 6. The Kier molecular flexibility index (Phi) is 4.87. The van der Waals surface area contributed by atoms with Gasteiger partial charge in [-0.15, -0.1) is 0 Å². The van der Waals surface area contributed by atoms with Crippen molar-refractivity contribution < 1.29 is 19.3 Å². The monoisotopic (exact) mass is 387 g/mol. The molecule has 0 aliphatic carbocycles. The normalized spacial score (nSPS) is 12.5. The first-order chi connectivity index (χ1) is 13.2. The van der Waals surface area contributed by atoms with Crippen molar-refractivity contribution in [3.8, 4) is 17.5 Å². The molecule has 2 aromatic carbocycles. The van der Waals surface area contributed by atoms with Crippen molar-refractivity contribution in [3.05, 3.63) is 46.6 Å². The van der Waals surface area contributed by atoms with Crippen molar-refractivity contribution in [2.45, 2.75) is 12.8 Å². The van der Waals surface area contributed by atoms with Gasteiger partial charge in [-0.25, -0.2) is 0 Å². The summed E-state index contributed by atoms with van der Waals surface area (Å²) in [6.45, 7) is 0.593. The molecule has 0 bridgehead atoms. The number of aromatic nitrogens is 2. The van der Waals surface area contributed by atoms with E-state index in [1.165, 1.54) is 0 Å². The number of benzene rings is 2. The molecule has 0 spiro atoms. The second-order valence-electron chi connectivity index (χ2n) is 6.10. The van der Waals surface area contributed by atoms with Gasteiger partial charge in [-0.3, -0.25) is 0 Å². The van der Waals surface area contributed by atoms with Gasteiger partial charge in [0, 0.05) is 24.8 Å². The summed E-state index contributed by atoms with van der Waals surface area (Å²) in [6, 6.07) is 9.48. The van der Waals surface area contributed by atoms with Gasteiger partial charge in [-0.2, -0.15) is 9.97 Å². The SMILES string of the molecule is Nc1c(Cl)ccc2nc(OCCCO)nc(Cc3ccc4c(c3)OCO4)c12. The number of fused-ring (bicyclic) bond motifs is 2. The fraction of sp³-hybridized carbons (Fsp3) is 0.263. The summed E-state index contributed by atoms with van der Waals surface area (Å²) < 4.78 is 16.4. The molecule has 0 saturated carbocycles. The van der Waals surface area contributed by atoms with E-state index in [2.05, 4.69) is 9.97 Å². The highest BCUT2D eigenvalue weighted by Crippen LogP contribution is 2.35. The number of aliphatic hydroxyl groups excluding tert-OH is 1.